The van der Waals surface area contributed by atoms with Crippen molar-refractivity contribution in [3.63, 3.8) is 0 Å². The molecule has 3 aromatic carbocycles. The van der Waals surface area contributed by atoms with Gasteiger partial charge in [-0.1, -0.05) is 23.7 Å². The molecule has 0 saturated carbocycles. The highest BCUT2D eigenvalue weighted by Gasteiger charge is 2.36. The first-order chi connectivity index (χ1) is 16.2. The summed E-state index contributed by atoms with van der Waals surface area (Å²) < 4.78 is 8.36. The second-order valence-electron chi connectivity index (χ2n) is 7.16. The molecule has 0 radical (unpaired) electrons. The lowest BCUT2D eigenvalue weighted by Crippen LogP contribution is -2.54. The fourth-order valence-electron chi connectivity index (χ4n) is 3.19. The Morgan fingerprint density at radius 1 is 0.971 bits per heavy atom. The summed E-state index contributed by atoms with van der Waals surface area (Å²) in [7, 11) is 0. The molecule has 0 aliphatic carbocycles. The van der Waals surface area contributed by atoms with Crippen LogP contribution in [0.4, 0.5) is 10.5 Å². The summed E-state index contributed by atoms with van der Waals surface area (Å²) in [5, 5.41) is 2.66. The Hall–Kier alpha value is -2.21. The Balaban J connectivity index is 1.60. The second kappa shape index (κ2) is 10.6. The highest BCUT2D eigenvalue weighted by atomic mass is 127. The van der Waals surface area contributed by atoms with Crippen molar-refractivity contribution in [2.45, 2.75) is 6.61 Å². The molecule has 1 N–H and O–H groups in total. The van der Waals surface area contributed by atoms with Crippen LogP contribution in [0.25, 0.3) is 6.08 Å². The molecule has 1 heterocycles. The van der Waals surface area contributed by atoms with Crippen molar-refractivity contribution < 1.29 is 19.1 Å². The van der Waals surface area contributed by atoms with Gasteiger partial charge >= 0.3 is 6.03 Å². The van der Waals surface area contributed by atoms with Gasteiger partial charge in [0.05, 0.1) is 14.6 Å². The molecule has 0 unspecified atom stereocenters. The Labute approximate surface area is 230 Å². The molecule has 10 heteroatoms. The topological polar surface area (TPSA) is 75.7 Å². The molecule has 172 valence electrons. The number of carbonyl (C=O) groups excluding carboxylic acids is 3. The number of rotatable bonds is 5. The predicted molar refractivity (Wildman–Crippen MR) is 146 cm³/mol. The molecule has 1 saturated heterocycles. The average Bonchev–Trinajstić information content (AvgIpc) is 2.78. The summed E-state index contributed by atoms with van der Waals surface area (Å²) in [5.74, 6) is -0.924. The molecular formula is C24H14Br2ClIN2O4. The maximum Gasteiger partial charge on any atom is 0.335 e. The largest absolute Gasteiger partial charge is 0.487 e. The Morgan fingerprint density at radius 3 is 2.21 bits per heavy atom. The van der Waals surface area contributed by atoms with Gasteiger partial charge in [-0.3, -0.25) is 14.9 Å². The number of hydrogen-bond donors (Lipinski definition) is 1. The van der Waals surface area contributed by atoms with Crippen LogP contribution in [0.15, 0.2) is 75.2 Å². The lowest BCUT2D eigenvalue weighted by Gasteiger charge is -2.26. The number of benzene rings is 3. The predicted octanol–water partition coefficient (Wildman–Crippen LogP) is 6.72. The second-order valence-corrected chi connectivity index (χ2v) is 10.6. The van der Waals surface area contributed by atoms with Crippen LogP contribution >= 0.6 is 66.1 Å². The molecule has 0 atom stereocenters. The van der Waals surface area contributed by atoms with E-state index in [0.29, 0.717) is 37.6 Å². The minimum Gasteiger partial charge on any atom is -0.487 e. The van der Waals surface area contributed by atoms with Crippen molar-refractivity contribution in [1.82, 2.24) is 5.32 Å². The SMILES string of the molecule is O=C1NC(=O)N(c2ccc(Cl)cc2)C(=O)/C1=C/c1cc(Br)c(OCc2ccc(I)cc2)c(Br)c1. The quantitative estimate of drug-likeness (QED) is 0.181. The lowest BCUT2D eigenvalue weighted by atomic mass is 10.1. The van der Waals surface area contributed by atoms with Gasteiger partial charge in [0.2, 0.25) is 0 Å². The molecule has 0 bridgehead atoms. The van der Waals surface area contributed by atoms with Gasteiger partial charge in [0.15, 0.2) is 0 Å². The normalized spacial score (nSPS) is 15.0. The first-order valence-corrected chi connectivity index (χ1v) is 12.8. The van der Waals surface area contributed by atoms with Crippen LogP contribution in [0, 0.1) is 3.57 Å². The molecule has 4 amide bonds. The number of hydrogen-bond acceptors (Lipinski definition) is 4. The van der Waals surface area contributed by atoms with E-state index in [1.807, 2.05) is 24.3 Å². The molecule has 3 aromatic rings. The van der Waals surface area contributed by atoms with Crippen molar-refractivity contribution in [1.29, 1.82) is 0 Å². The van der Waals surface area contributed by atoms with Gasteiger partial charge in [-0.25, -0.2) is 9.69 Å². The van der Waals surface area contributed by atoms with Gasteiger partial charge < -0.3 is 4.74 Å². The molecule has 0 spiro atoms. The third kappa shape index (κ3) is 5.54. The summed E-state index contributed by atoms with van der Waals surface area (Å²) in [6.07, 6.45) is 1.42. The number of amides is 4. The highest BCUT2D eigenvalue weighted by molar-refractivity contribution is 14.1. The Morgan fingerprint density at radius 2 is 1.59 bits per heavy atom. The fraction of sp³-hybridized carbons (Fsp3) is 0.0417. The van der Waals surface area contributed by atoms with Crippen LogP contribution in [0.1, 0.15) is 11.1 Å². The van der Waals surface area contributed by atoms with Crippen LogP contribution in [0.2, 0.25) is 5.02 Å². The lowest BCUT2D eigenvalue weighted by molar-refractivity contribution is -0.122. The van der Waals surface area contributed by atoms with E-state index in [1.165, 1.54) is 18.2 Å². The van der Waals surface area contributed by atoms with Gasteiger partial charge in [-0.15, -0.1) is 0 Å². The van der Waals surface area contributed by atoms with Crippen molar-refractivity contribution in [2.75, 3.05) is 4.90 Å². The number of imide groups is 2. The third-order valence-electron chi connectivity index (χ3n) is 4.81. The highest BCUT2D eigenvalue weighted by Crippen LogP contribution is 2.36. The van der Waals surface area contributed by atoms with E-state index in [-0.39, 0.29) is 5.57 Å². The standard InChI is InChI=1S/C24H14Br2ClIN2O4/c25-19-10-14(11-20(26)21(19)34-12-13-1-5-16(28)6-2-13)9-18-22(31)29-24(33)30(23(18)32)17-7-3-15(27)4-8-17/h1-11H,12H2,(H,29,31,33)/b18-9+. The number of nitrogens with zero attached hydrogens (tertiary/aromatic N) is 1. The molecular weight excluding hydrogens is 702 g/mol. The van der Waals surface area contributed by atoms with E-state index in [2.05, 4.69) is 59.8 Å². The first kappa shape index (κ1) is 24.9. The van der Waals surface area contributed by atoms with Crippen molar-refractivity contribution in [3.05, 3.63) is 94.9 Å². The van der Waals surface area contributed by atoms with E-state index in [0.717, 1.165) is 14.0 Å². The van der Waals surface area contributed by atoms with Crippen LogP contribution in [-0.4, -0.2) is 17.8 Å². The number of nitrogens with one attached hydrogen (secondary N) is 1. The maximum absolute atomic E-state index is 13.1. The van der Waals surface area contributed by atoms with E-state index >= 15 is 0 Å². The van der Waals surface area contributed by atoms with E-state index in [9.17, 15) is 14.4 Å². The minimum absolute atomic E-state index is 0.180. The first-order valence-electron chi connectivity index (χ1n) is 9.76. The minimum atomic E-state index is -0.823. The summed E-state index contributed by atoms with van der Waals surface area (Å²) in [6.45, 7) is 0.369. The zero-order valence-corrected chi connectivity index (χ0v) is 23.2. The van der Waals surface area contributed by atoms with Gasteiger partial charge in [-0.2, -0.15) is 0 Å². The molecule has 34 heavy (non-hydrogen) atoms. The van der Waals surface area contributed by atoms with Gasteiger partial charge in [-0.05, 0) is 120 Å². The van der Waals surface area contributed by atoms with E-state index in [4.69, 9.17) is 16.3 Å². The summed E-state index contributed by atoms with van der Waals surface area (Å²) in [6, 6.07) is 16.8. The Bertz CT molecular complexity index is 1300. The van der Waals surface area contributed by atoms with Crippen LogP contribution in [-0.2, 0) is 16.2 Å². The molecule has 1 fully saturated rings. The monoisotopic (exact) mass is 714 g/mol. The van der Waals surface area contributed by atoms with Crippen LogP contribution < -0.4 is 15.0 Å². The molecule has 0 aromatic heterocycles. The summed E-state index contributed by atoms with van der Waals surface area (Å²) in [5.41, 5.74) is 1.69. The Kier molecular flexibility index (Phi) is 7.76. The number of urea groups is 1. The maximum atomic E-state index is 13.1. The van der Waals surface area contributed by atoms with Crippen molar-refractivity contribution >= 4 is 95.7 Å². The molecule has 4 rings (SSSR count). The van der Waals surface area contributed by atoms with Crippen molar-refractivity contribution in [2.24, 2.45) is 0 Å². The molecule has 1 aliphatic rings. The molecule has 6 nitrogen and oxygen atoms in total. The number of barbiturate groups is 1. The van der Waals surface area contributed by atoms with E-state index in [1.54, 1.807) is 24.3 Å². The van der Waals surface area contributed by atoms with E-state index < -0.39 is 17.8 Å². The molecule has 1 aliphatic heterocycles. The number of halogens is 4. The van der Waals surface area contributed by atoms with Gasteiger partial charge in [0.1, 0.15) is 17.9 Å². The zero-order chi connectivity index (χ0) is 24.4. The van der Waals surface area contributed by atoms with Crippen LogP contribution in [0.3, 0.4) is 0 Å². The number of ether oxygens (including phenoxy) is 1. The van der Waals surface area contributed by atoms with Gasteiger partial charge in [0.25, 0.3) is 11.8 Å². The number of carbonyl (C=O) groups is 3. The van der Waals surface area contributed by atoms with Crippen molar-refractivity contribution in [3.8, 4) is 5.75 Å². The zero-order valence-electron chi connectivity index (χ0n) is 17.2. The van der Waals surface area contributed by atoms with Crippen LogP contribution in [0.5, 0.6) is 5.75 Å². The number of anilines is 1. The fourth-order valence-corrected chi connectivity index (χ4v) is 5.12. The average molecular weight is 717 g/mol. The van der Waals surface area contributed by atoms with Gasteiger partial charge in [0, 0.05) is 8.59 Å². The smallest absolute Gasteiger partial charge is 0.335 e. The summed E-state index contributed by atoms with van der Waals surface area (Å²) >= 11 is 15.1. The third-order valence-corrected chi connectivity index (χ3v) is 6.96. The summed E-state index contributed by atoms with van der Waals surface area (Å²) in [4.78, 5) is 38.7.